The number of alkyl carbamates (subject to hydrolysis) is 2. The van der Waals surface area contributed by atoms with Crippen LogP contribution >= 0.6 is 0 Å². The van der Waals surface area contributed by atoms with E-state index < -0.39 is 48.3 Å². The smallest absolute Gasteiger partial charge is 0.407 e. The quantitative estimate of drug-likeness (QED) is 0.118. The molecule has 1 spiro atoms. The molecule has 4 heterocycles. The van der Waals surface area contributed by atoms with Gasteiger partial charge < -0.3 is 54.0 Å². The standard InChI is InChI=1S/C38H56N4O12/c1-4-48-35(45)30(18-25(2)3)41-33(43)13-11-27-20-29(52-37(47)40-22-26-10-12-31-32(19-26)51-24-50-31)21-38(53-27)14-5-8-28(54-38)23-49-36(46)39-15-7-17-42-16-6-9-34(42)44/h10,12,19,25,27-30H,4-9,11,13-18,20-24H2,1-3H3,(H,39,46)(H,40,47)(H,41,43)/t27-,28-,29-,30+,38+/m1/s1. The Balaban J connectivity index is 1.16. The van der Waals surface area contributed by atoms with Gasteiger partial charge in [-0.25, -0.2) is 14.4 Å². The molecule has 5 rings (SSSR count). The molecule has 4 aliphatic rings. The minimum absolute atomic E-state index is 0.00126. The Morgan fingerprint density at radius 2 is 1.83 bits per heavy atom. The second-order valence-corrected chi connectivity index (χ2v) is 14.7. The second kappa shape index (κ2) is 19.9. The van der Waals surface area contributed by atoms with Crippen molar-refractivity contribution in [2.75, 3.05) is 39.6 Å². The van der Waals surface area contributed by atoms with Crippen molar-refractivity contribution in [2.24, 2.45) is 5.92 Å². The maximum absolute atomic E-state index is 13.1. The first kappa shape index (κ1) is 40.9. The minimum Gasteiger partial charge on any atom is -0.464 e. The van der Waals surface area contributed by atoms with E-state index >= 15 is 0 Å². The zero-order valence-corrected chi connectivity index (χ0v) is 31.7. The molecule has 0 bridgehead atoms. The molecule has 300 valence electrons. The van der Waals surface area contributed by atoms with E-state index in [0.29, 0.717) is 76.0 Å². The summed E-state index contributed by atoms with van der Waals surface area (Å²) >= 11 is 0. The molecule has 3 fully saturated rings. The maximum Gasteiger partial charge on any atom is 0.407 e. The number of carbonyl (C=O) groups is 5. The number of benzene rings is 1. The maximum atomic E-state index is 13.1. The van der Waals surface area contributed by atoms with Gasteiger partial charge in [0.05, 0.1) is 18.8 Å². The van der Waals surface area contributed by atoms with Crippen molar-refractivity contribution in [3.05, 3.63) is 23.8 Å². The summed E-state index contributed by atoms with van der Waals surface area (Å²) in [6, 6.07) is 4.67. The number of fused-ring (bicyclic) bond motifs is 1. The predicted octanol–water partition coefficient (Wildman–Crippen LogP) is 4.07. The van der Waals surface area contributed by atoms with Crippen molar-refractivity contribution < 1.29 is 57.1 Å². The van der Waals surface area contributed by atoms with Crippen LogP contribution in [-0.4, -0.2) is 105 Å². The fourth-order valence-electron chi connectivity index (χ4n) is 7.29. The zero-order valence-electron chi connectivity index (χ0n) is 31.7. The predicted molar refractivity (Wildman–Crippen MR) is 192 cm³/mol. The molecule has 0 aromatic heterocycles. The number of rotatable bonds is 17. The molecule has 3 saturated heterocycles. The van der Waals surface area contributed by atoms with Gasteiger partial charge in [-0.15, -0.1) is 0 Å². The highest BCUT2D eigenvalue weighted by Crippen LogP contribution is 2.41. The first-order chi connectivity index (χ1) is 26.0. The number of hydrogen-bond acceptors (Lipinski definition) is 12. The zero-order chi connectivity index (χ0) is 38.5. The lowest BCUT2D eigenvalue weighted by molar-refractivity contribution is -0.329. The molecule has 3 N–H and O–H groups in total. The molecule has 0 aliphatic carbocycles. The van der Waals surface area contributed by atoms with Crippen LogP contribution in [0.4, 0.5) is 9.59 Å². The third kappa shape index (κ3) is 12.4. The van der Waals surface area contributed by atoms with Crippen LogP contribution in [0.25, 0.3) is 0 Å². The minimum atomic E-state index is -1.13. The molecule has 1 aromatic carbocycles. The molecular formula is C38H56N4O12. The van der Waals surface area contributed by atoms with E-state index in [-0.39, 0.29) is 57.1 Å². The van der Waals surface area contributed by atoms with Crippen molar-refractivity contribution in [1.82, 2.24) is 20.9 Å². The molecule has 16 heteroatoms. The number of nitrogens with zero attached hydrogens (tertiary/aromatic N) is 1. The van der Waals surface area contributed by atoms with Gasteiger partial charge in [0.15, 0.2) is 17.3 Å². The third-order valence-electron chi connectivity index (χ3n) is 9.81. The van der Waals surface area contributed by atoms with Crippen molar-refractivity contribution in [1.29, 1.82) is 0 Å². The number of hydrogen-bond donors (Lipinski definition) is 3. The Bertz CT molecular complexity index is 1460. The average molecular weight is 761 g/mol. The SMILES string of the molecule is CCOC(=O)[C@H](CC(C)C)NC(=O)CC[C@@H]1C[C@@H](OC(=O)NCc2ccc3c(c2)OCO3)C[C@@]2(CCC[C@H](COC(=O)NCCCN3CCCC3=O)O2)O1. The Kier molecular flexibility index (Phi) is 15.0. The molecule has 5 atom stereocenters. The highest BCUT2D eigenvalue weighted by atomic mass is 16.7. The Morgan fingerprint density at radius 1 is 1.02 bits per heavy atom. The van der Waals surface area contributed by atoms with E-state index in [1.807, 2.05) is 19.9 Å². The summed E-state index contributed by atoms with van der Waals surface area (Å²) in [7, 11) is 0. The molecule has 54 heavy (non-hydrogen) atoms. The summed E-state index contributed by atoms with van der Waals surface area (Å²) in [5.41, 5.74) is 0.811. The molecule has 0 saturated carbocycles. The second-order valence-electron chi connectivity index (χ2n) is 14.7. The van der Waals surface area contributed by atoms with Crippen LogP contribution in [0.1, 0.15) is 97.0 Å². The first-order valence-electron chi connectivity index (χ1n) is 19.3. The van der Waals surface area contributed by atoms with E-state index in [9.17, 15) is 24.0 Å². The Morgan fingerprint density at radius 3 is 2.61 bits per heavy atom. The number of likely N-dealkylation sites (tertiary alicyclic amines) is 1. The largest absolute Gasteiger partial charge is 0.464 e. The number of esters is 1. The normalized spacial score (nSPS) is 23.9. The van der Waals surface area contributed by atoms with Gasteiger partial charge in [0.2, 0.25) is 18.6 Å². The highest BCUT2D eigenvalue weighted by molar-refractivity contribution is 5.84. The molecule has 0 radical (unpaired) electrons. The van der Waals surface area contributed by atoms with Crippen molar-refractivity contribution in [3.8, 4) is 11.5 Å². The summed E-state index contributed by atoms with van der Waals surface area (Å²) in [6.07, 6.45) is 2.58. The van der Waals surface area contributed by atoms with Gasteiger partial charge in [-0.1, -0.05) is 19.9 Å². The van der Waals surface area contributed by atoms with Crippen LogP contribution in [0.2, 0.25) is 0 Å². The summed E-state index contributed by atoms with van der Waals surface area (Å²) in [5, 5.41) is 8.36. The summed E-state index contributed by atoms with van der Waals surface area (Å²) in [4.78, 5) is 64.8. The van der Waals surface area contributed by atoms with E-state index in [4.69, 9.17) is 33.2 Å². The van der Waals surface area contributed by atoms with E-state index in [1.54, 1.807) is 24.0 Å². The van der Waals surface area contributed by atoms with Crippen molar-refractivity contribution in [3.63, 3.8) is 0 Å². The van der Waals surface area contributed by atoms with Gasteiger partial charge in [0.25, 0.3) is 0 Å². The van der Waals surface area contributed by atoms with Crippen LogP contribution in [0.15, 0.2) is 18.2 Å². The monoisotopic (exact) mass is 760 g/mol. The van der Waals surface area contributed by atoms with E-state index in [2.05, 4.69) is 16.0 Å². The van der Waals surface area contributed by atoms with Gasteiger partial charge >= 0.3 is 18.2 Å². The fraction of sp³-hybridized carbons (Fsp3) is 0.711. The number of nitrogens with one attached hydrogen (secondary N) is 3. The van der Waals surface area contributed by atoms with Crippen LogP contribution in [-0.2, 0) is 44.6 Å². The van der Waals surface area contributed by atoms with Crippen LogP contribution in [0.3, 0.4) is 0 Å². The summed E-state index contributed by atoms with van der Waals surface area (Å²) < 4.78 is 40.4. The van der Waals surface area contributed by atoms with Gasteiger partial charge in [-0.2, -0.15) is 0 Å². The van der Waals surface area contributed by atoms with E-state index in [1.165, 1.54) is 0 Å². The van der Waals surface area contributed by atoms with Gasteiger partial charge in [-0.05, 0) is 69.1 Å². The Hall–Kier alpha value is -4.31. The van der Waals surface area contributed by atoms with Crippen LogP contribution < -0.4 is 25.4 Å². The number of carbonyl (C=O) groups excluding carboxylic acids is 5. The number of amides is 4. The molecule has 4 amide bonds. The summed E-state index contributed by atoms with van der Waals surface area (Å²) in [6.45, 7) is 7.96. The van der Waals surface area contributed by atoms with Gasteiger partial charge in [-0.3, -0.25) is 9.59 Å². The van der Waals surface area contributed by atoms with Gasteiger partial charge in [0.1, 0.15) is 18.8 Å². The summed E-state index contributed by atoms with van der Waals surface area (Å²) in [5.74, 6) is -0.345. The van der Waals surface area contributed by atoms with Crippen molar-refractivity contribution >= 4 is 30.0 Å². The van der Waals surface area contributed by atoms with Gasteiger partial charge in [0, 0.05) is 58.3 Å². The molecular weight excluding hydrogens is 704 g/mol. The van der Waals surface area contributed by atoms with Crippen molar-refractivity contribution in [2.45, 2.75) is 128 Å². The third-order valence-corrected chi connectivity index (χ3v) is 9.81. The van der Waals surface area contributed by atoms with Crippen LogP contribution in [0, 0.1) is 5.92 Å². The lowest BCUT2D eigenvalue weighted by Crippen LogP contribution is -2.54. The topological polar surface area (TPSA) is 189 Å². The molecule has 1 aromatic rings. The van der Waals surface area contributed by atoms with Crippen LogP contribution in [0.5, 0.6) is 11.5 Å². The molecule has 4 aliphatic heterocycles. The first-order valence-corrected chi connectivity index (χ1v) is 19.3. The molecule has 16 nitrogen and oxygen atoms in total. The number of ether oxygens (including phenoxy) is 7. The highest BCUT2D eigenvalue weighted by Gasteiger charge is 2.47. The lowest BCUT2D eigenvalue weighted by atomic mass is 9.90. The lowest BCUT2D eigenvalue weighted by Gasteiger charge is -2.47. The average Bonchev–Trinajstić information content (AvgIpc) is 3.78. The Labute approximate surface area is 316 Å². The van der Waals surface area contributed by atoms with E-state index in [0.717, 1.165) is 18.5 Å². The fourth-order valence-corrected chi connectivity index (χ4v) is 7.29. The molecule has 0 unspecified atom stereocenters.